The lowest BCUT2D eigenvalue weighted by molar-refractivity contribution is -0.145. The Labute approximate surface area is 117 Å². The standard InChI is InChI=1S/C11H9Cl2NO5/c12-6-2-1-5(3-7(6)13)10(17)14-8(11(18)19)4-9(15)16/h1-3,8H,4H2,(H,14,17)(H,15,16)(H,18,19). The maximum Gasteiger partial charge on any atom is 0.326 e. The van der Waals surface area contributed by atoms with E-state index >= 15 is 0 Å². The molecule has 1 aromatic rings. The van der Waals surface area contributed by atoms with E-state index in [9.17, 15) is 14.4 Å². The first kappa shape index (κ1) is 15.3. The van der Waals surface area contributed by atoms with Crippen LogP contribution in [0.4, 0.5) is 0 Å². The lowest BCUT2D eigenvalue weighted by Crippen LogP contribution is -2.42. The van der Waals surface area contributed by atoms with Crippen LogP contribution >= 0.6 is 23.2 Å². The first-order valence-electron chi connectivity index (χ1n) is 5.01. The fraction of sp³-hybridized carbons (Fsp3) is 0.182. The monoisotopic (exact) mass is 305 g/mol. The SMILES string of the molecule is O=C(O)CC(NC(=O)c1ccc(Cl)c(Cl)c1)C(=O)O. The van der Waals surface area contributed by atoms with Crippen molar-refractivity contribution in [1.82, 2.24) is 5.32 Å². The van der Waals surface area contributed by atoms with Crippen molar-refractivity contribution in [3.63, 3.8) is 0 Å². The third kappa shape index (κ3) is 4.42. The van der Waals surface area contributed by atoms with Crippen LogP contribution in [-0.2, 0) is 9.59 Å². The molecule has 0 saturated carbocycles. The zero-order valence-corrected chi connectivity index (χ0v) is 10.9. The molecule has 0 spiro atoms. The van der Waals surface area contributed by atoms with E-state index in [0.717, 1.165) is 0 Å². The van der Waals surface area contributed by atoms with Crippen molar-refractivity contribution < 1.29 is 24.6 Å². The van der Waals surface area contributed by atoms with Gasteiger partial charge in [-0.05, 0) is 18.2 Å². The third-order valence-corrected chi connectivity index (χ3v) is 2.90. The number of aliphatic carboxylic acids is 2. The fourth-order valence-electron chi connectivity index (χ4n) is 1.25. The molecule has 0 aliphatic heterocycles. The summed E-state index contributed by atoms with van der Waals surface area (Å²) in [5.41, 5.74) is 0.0889. The quantitative estimate of drug-likeness (QED) is 0.767. The maximum absolute atomic E-state index is 11.7. The van der Waals surface area contributed by atoms with Crippen LogP contribution in [0.25, 0.3) is 0 Å². The second-order valence-electron chi connectivity index (χ2n) is 3.59. The van der Waals surface area contributed by atoms with Crippen LogP contribution in [0, 0.1) is 0 Å². The van der Waals surface area contributed by atoms with Crippen molar-refractivity contribution in [3.05, 3.63) is 33.8 Å². The molecule has 0 aromatic heterocycles. The largest absolute Gasteiger partial charge is 0.481 e. The molecule has 1 unspecified atom stereocenters. The predicted octanol–water partition coefficient (Wildman–Crippen LogP) is 1.65. The lowest BCUT2D eigenvalue weighted by atomic mass is 10.1. The molecule has 1 aromatic carbocycles. The Morgan fingerprint density at radius 1 is 1.16 bits per heavy atom. The predicted molar refractivity (Wildman–Crippen MR) is 67.6 cm³/mol. The Kier molecular flexibility index (Phi) is 5.14. The van der Waals surface area contributed by atoms with Gasteiger partial charge in [-0.3, -0.25) is 9.59 Å². The van der Waals surface area contributed by atoms with Crippen molar-refractivity contribution >= 4 is 41.0 Å². The molecule has 1 rings (SSSR count). The first-order valence-corrected chi connectivity index (χ1v) is 5.77. The van der Waals surface area contributed by atoms with Gasteiger partial charge < -0.3 is 15.5 Å². The van der Waals surface area contributed by atoms with Crippen LogP contribution in [0.1, 0.15) is 16.8 Å². The summed E-state index contributed by atoms with van der Waals surface area (Å²) >= 11 is 11.4. The Morgan fingerprint density at radius 3 is 2.26 bits per heavy atom. The fourth-order valence-corrected chi connectivity index (χ4v) is 1.55. The summed E-state index contributed by atoms with van der Waals surface area (Å²) < 4.78 is 0. The summed E-state index contributed by atoms with van der Waals surface area (Å²) in [5, 5.41) is 19.8. The number of carbonyl (C=O) groups is 3. The van der Waals surface area contributed by atoms with Gasteiger partial charge in [-0.25, -0.2) is 4.79 Å². The number of nitrogens with one attached hydrogen (secondary N) is 1. The number of amides is 1. The highest BCUT2D eigenvalue weighted by Crippen LogP contribution is 2.22. The molecular formula is C11H9Cl2NO5. The van der Waals surface area contributed by atoms with E-state index in [0.29, 0.717) is 0 Å². The Balaban J connectivity index is 2.84. The Bertz CT molecular complexity index is 532. The molecule has 0 bridgehead atoms. The van der Waals surface area contributed by atoms with Crippen LogP contribution < -0.4 is 5.32 Å². The van der Waals surface area contributed by atoms with Gasteiger partial charge in [0.2, 0.25) is 0 Å². The summed E-state index contributed by atoms with van der Waals surface area (Å²) in [6, 6.07) is 2.48. The number of hydrogen-bond acceptors (Lipinski definition) is 3. The van der Waals surface area contributed by atoms with E-state index in [1.54, 1.807) is 0 Å². The van der Waals surface area contributed by atoms with Crippen LogP contribution in [0.3, 0.4) is 0 Å². The highest BCUT2D eigenvalue weighted by Gasteiger charge is 2.23. The third-order valence-electron chi connectivity index (χ3n) is 2.16. The van der Waals surface area contributed by atoms with E-state index in [1.165, 1.54) is 18.2 Å². The smallest absolute Gasteiger partial charge is 0.326 e. The number of rotatable bonds is 5. The van der Waals surface area contributed by atoms with Crippen LogP contribution in [0.2, 0.25) is 10.0 Å². The molecule has 0 aliphatic rings. The second-order valence-corrected chi connectivity index (χ2v) is 4.41. The highest BCUT2D eigenvalue weighted by molar-refractivity contribution is 6.42. The molecule has 0 saturated heterocycles. The first-order chi connectivity index (χ1) is 8.81. The van der Waals surface area contributed by atoms with Gasteiger partial charge in [-0.1, -0.05) is 23.2 Å². The van der Waals surface area contributed by atoms with Gasteiger partial charge in [0.15, 0.2) is 0 Å². The van der Waals surface area contributed by atoms with Crippen molar-refractivity contribution in [2.45, 2.75) is 12.5 Å². The number of benzene rings is 1. The van der Waals surface area contributed by atoms with Crippen LogP contribution in [0.5, 0.6) is 0 Å². The van der Waals surface area contributed by atoms with Gasteiger partial charge in [-0.15, -0.1) is 0 Å². The molecule has 0 heterocycles. The van der Waals surface area contributed by atoms with Gasteiger partial charge in [0.1, 0.15) is 6.04 Å². The average molecular weight is 306 g/mol. The van der Waals surface area contributed by atoms with Gasteiger partial charge in [-0.2, -0.15) is 0 Å². The molecule has 1 atom stereocenters. The Morgan fingerprint density at radius 2 is 1.79 bits per heavy atom. The van der Waals surface area contributed by atoms with Crippen molar-refractivity contribution in [2.24, 2.45) is 0 Å². The van der Waals surface area contributed by atoms with Gasteiger partial charge in [0, 0.05) is 5.56 Å². The summed E-state index contributed by atoms with van der Waals surface area (Å²) in [6.45, 7) is 0. The minimum atomic E-state index is -1.51. The lowest BCUT2D eigenvalue weighted by Gasteiger charge is -2.12. The summed E-state index contributed by atoms with van der Waals surface area (Å²) in [4.78, 5) is 33.0. The molecular weight excluding hydrogens is 297 g/mol. The molecule has 8 heteroatoms. The molecule has 102 valence electrons. The summed E-state index contributed by atoms with van der Waals surface area (Å²) in [5.74, 6) is -3.51. The molecule has 3 N–H and O–H groups in total. The number of hydrogen-bond donors (Lipinski definition) is 3. The van der Waals surface area contributed by atoms with E-state index in [2.05, 4.69) is 5.32 Å². The molecule has 0 fully saturated rings. The zero-order valence-electron chi connectivity index (χ0n) is 9.39. The number of carbonyl (C=O) groups excluding carboxylic acids is 1. The van der Waals surface area contributed by atoms with Gasteiger partial charge >= 0.3 is 11.9 Å². The summed E-state index contributed by atoms with van der Waals surface area (Å²) in [7, 11) is 0. The molecule has 0 aliphatic carbocycles. The maximum atomic E-state index is 11.7. The number of carboxylic acids is 2. The average Bonchev–Trinajstić information content (AvgIpc) is 2.31. The Hall–Kier alpha value is -1.79. The van der Waals surface area contributed by atoms with E-state index < -0.39 is 30.3 Å². The summed E-state index contributed by atoms with van der Waals surface area (Å²) in [6.07, 6.45) is -0.720. The van der Waals surface area contributed by atoms with Crippen LogP contribution in [-0.4, -0.2) is 34.1 Å². The van der Waals surface area contributed by atoms with E-state index in [1.807, 2.05) is 0 Å². The van der Waals surface area contributed by atoms with Crippen molar-refractivity contribution in [1.29, 1.82) is 0 Å². The number of carboxylic acid groups (broad SMARTS) is 2. The van der Waals surface area contributed by atoms with Crippen LogP contribution in [0.15, 0.2) is 18.2 Å². The second kappa shape index (κ2) is 6.40. The minimum absolute atomic E-state index is 0.0889. The van der Waals surface area contributed by atoms with Gasteiger partial charge in [0.25, 0.3) is 5.91 Å². The van der Waals surface area contributed by atoms with E-state index in [4.69, 9.17) is 33.4 Å². The molecule has 0 radical (unpaired) electrons. The topological polar surface area (TPSA) is 104 Å². The minimum Gasteiger partial charge on any atom is -0.481 e. The van der Waals surface area contributed by atoms with Crippen molar-refractivity contribution in [2.75, 3.05) is 0 Å². The zero-order chi connectivity index (χ0) is 14.6. The van der Waals surface area contributed by atoms with E-state index in [-0.39, 0.29) is 15.6 Å². The van der Waals surface area contributed by atoms with Gasteiger partial charge in [0.05, 0.1) is 16.5 Å². The molecule has 6 nitrogen and oxygen atoms in total. The molecule has 19 heavy (non-hydrogen) atoms. The van der Waals surface area contributed by atoms with Crippen molar-refractivity contribution in [3.8, 4) is 0 Å². The highest BCUT2D eigenvalue weighted by atomic mass is 35.5. The number of halogens is 2. The molecule has 1 amide bonds. The normalized spacial score (nSPS) is 11.7.